The van der Waals surface area contributed by atoms with Crippen molar-refractivity contribution >= 4 is 11.4 Å². The highest BCUT2D eigenvalue weighted by atomic mass is 15.5. The van der Waals surface area contributed by atoms with Gasteiger partial charge in [-0.25, -0.2) is 0 Å². The summed E-state index contributed by atoms with van der Waals surface area (Å²) >= 11 is 0. The summed E-state index contributed by atoms with van der Waals surface area (Å²) in [4.78, 5) is 0. The molecular weight excluding hydrogens is 270 g/mol. The summed E-state index contributed by atoms with van der Waals surface area (Å²) in [5.74, 6) is 0. The van der Waals surface area contributed by atoms with E-state index < -0.39 is 0 Å². The number of hydrazone groups is 1. The number of para-hydroxylation sites is 1. The number of nitrogens with two attached hydrogens (primary N) is 1. The third-order valence-corrected chi connectivity index (χ3v) is 4.23. The minimum atomic E-state index is 0.267. The summed E-state index contributed by atoms with van der Waals surface area (Å²) in [7, 11) is 0. The van der Waals surface area contributed by atoms with Crippen LogP contribution < -0.4 is 10.7 Å². The van der Waals surface area contributed by atoms with Gasteiger partial charge in [0.1, 0.15) is 0 Å². The minimum absolute atomic E-state index is 0.267. The van der Waals surface area contributed by atoms with Crippen LogP contribution in [0.25, 0.3) is 0 Å². The van der Waals surface area contributed by atoms with Gasteiger partial charge in [-0.05, 0) is 44.0 Å². The van der Waals surface area contributed by atoms with Crippen molar-refractivity contribution in [2.45, 2.75) is 32.7 Å². The van der Waals surface area contributed by atoms with E-state index in [1.165, 1.54) is 28.1 Å². The van der Waals surface area contributed by atoms with Gasteiger partial charge in [-0.15, -0.1) is 0 Å². The first-order valence-corrected chi connectivity index (χ1v) is 7.87. The molecule has 0 aliphatic carbocycles. The van der Waals surface area contributed by atoms with E-state index in [2.05, 4.69) is 67.4 Å². The second-order valence-corrected chi connectivity index (χ2v) is 5.97. The van der Waals surface area contributed by atoms with Gasteiger partial charge >= 0.3 is 0 Å². The number of anilines is 1. The van der Waals surface area contributed by atoms with Crippen LogP contribution in [0.2, 0.25) is 0 Å². The molecule has 1 aliphatic heterocycles. The average molecular weight is 293 g/mol. The number of hydrogen-bond donors (Lipinski definition) is 1. The van der Waals surface area contributed by atoms with Gasteiger partial charge in [0, 0.05) is 12.1 Å². The third-order valence-electron chi connectivity index (χ3n) is 4.23. The minimum Gasteiger partial charge on any atom is -0.330 e. The smallest absolute Gasteiger partial charge is 0.0828 e. The van der Waals surface area contributed by atoms with E-state index in [-0.39, 0.29) is 6.04 Å². The zero-order chi connectivity index (χ0) is 15.5. The van der Waals surface area contributed by atoms with Crippen LogP contribution in [0, 0.1) is 13.8 Å². The molecule has 0 saturated heterocycles. The lowest BCUT2D eigenvalue weighted by atomic mass is 9.99. The van der Waals surface area contributed by atoms with Crippen LogP contribution in [-0.2, 0) is 0 Å². The standard InChI is InChI=1S/C19H23N3/c1-14-7-9-16(10-8-14)19-13-17(11-12-20)21-22(19)18-6-4-3-5-15(18)2/h3-10,19H,11-13,20H2,1-2H3. The average Bonchev–Trinajstić information content (AvgIpc) is 2.93. The van der Waals surface area contributed by atoms with Gasteiger partial charge in [0.25, 0.3) is 0 Å². The molecule has 0 spiro atoms. The largest absolute Gasteiger partial charge is 0.330 e. The molecular formula is C19H23N3. The summed E-state index contributed by atoms with van der Waals surface area (Å²) in [6.07, 6.45) is 1.82. The maximum absolute atomic E-state index is 5.73. The second-order valence-electron chi connectivity index (χ2n) is 5.97. The molecule has 0 amide bonds. The lowest BCUT2D eigenvalue weighted by Crippen LogP contribution is -2.19. The van der Waals surface area contributed by atoms with Crippen LogP contribution in [-0.4, -0.2) is 12.3 Å². The van der Waals surface area contributed by atoms with Gasteiger partial charge in [-0.1, -0.05) is 48.0 Å². The first-order valence-electron chi connectivity index (χ1n) is 7.87. The first kappa shape index (κ1) is 14.8. The Morgan fingerprint density at radius 1 is 1.09 bits per heavy atom. The van der Waals surface area contributed by atoms with Crippen molar-refractivity contribution in [1.82, 2.24) is 0 Å². The SMILES string of the molecule is Cc1ccc(C2CC(CCN)=NN2c2ccccc2C)cc1. The Balaban J connectivity index is 1.98. The van der Waals surface area contributed by atoms with Crippen molar-refractivity contribution in [3.05, 3.63) is 65.2 Å². The molecule has 0 bridgehead atoms. The van der Waals surface area contributed by atoms with Crippen LogP contribution in [0.15, 0.2) is 53.6 Å². The highest BCUT2D eigenvalue weighted by Crippen LogP contribution is 2.37. The van der Waals surface area contributed by atoms with Gasteiger partial charge < -0.3 is 5.73 Å². The summed E-state index contributed by atoms with van der Waals surface area (Å²) in [6.45, 7) is 4.91. The molecule has 2 aromatic rings. The van der Waals surface area contributed by atoms with Crippen molar-refractivity contribution < 1.29 is 0 Å². The highest BCUT2D eigenvalue weighted by Gasteiger charge is 2.29. The van der Waals surface area contributed by atoms with E-state index >= 15 is 0 Å². The topological polar surface area (TPSA) is 41.6 Å². The molecule has 2 aromatic carbocycles. The Morgan fingerprint density at radius 3 is 2.50 bits per heavy atom. The molecule has 114 valence electrons. The van der Waals surface area contributed by atoms with Crippen LogP contribution in [0.5, 0.6) is 0 Å². The predicted octanol–water partition coefficient (Wildman–Crippen LogP) is 3.96. The van der Waals surface area contributed by atoms with Gasteiger partial charge in [-0.3, -0.25) is 5.01 Å². The fourth-order valence-corrected chi connectivity index (χ4v) is 2.98. The van der Waals surface area contributed by atoms with Gasteiger partial charge in [-0.2, -0.15) is 5.10 Å². The molecule has 0 saturated carbocycles. The summed E-state index contributed by atoms with van der Waals surface area (Å²) in [5, 5.41) is 7.03. The number of hydrogen-bond acceptors (Lipinski definition) is 3. The van der Waals surface area contributed by atoms with Crippen molar-refractivity contribution in [2.75, 3.05) is 11.6 Å². The Labute approximate surface area is 132 Å². The van der Waals surface area contributed by atoms with Crippen molar-refractivity contribution in [1.29, 1.82) is 0 Å². The van der Waals surface area contributed by atoms with Crippen molar-refractivity contribution in [3.63, 3.8) is 0 Å². The highest BCUT2D eigenvalue weighted by molar-refractivity contribution is 5.89. The zero-order valence-corrected chi connectivity index (χ0v) is 13.3. The van der Waals surface area contributed by atoms with E-state index in [1.807, 2.05) is 0 Å². The molecule has 1 unspecified atom stereocenters. The van der Waals surface area contributed by atoms with Crippen LogP contribution in [0.4, 0.5) is 5.69 Å². The monoisotopic (exact) mass is 293 g/mol. The van der Waals surface area contributed by atoms with Gasteiger partial charge in [0.15, 0.2) is 0 Å². The summed E-state index contributed by atoms with van der Waals surface area (Å²) in [5.41, 5.74) is 11.9. The molecule has 1 atom stereocenters. The van der Waals surface area contributed by atoms with Gasteiger partial charge in [0.2, 0.25) is 0 Å². The number of rotatable bonds is 4. The fourth-order valence-electron chi connectivity index (χ4n) is 2.98. The lowest BCUT2D eigenvalue weighted by Gasteiger charge is -2.25. The molecule has 0 radical (unpaired) electrons. The Kier molecular flexibility index (Phi) is 4.25. The maximum Gasteiger partial charge on any atom is 0.0828 e. The number of nitrogens with zero attached hydrogens (tertiary/aromatic N) is 2. The molecule has 3 nitrogen and oxygen atoms in total. The van der Waals surface area contributed by atoms with E-state index in [9.17, 15) is 0 Å². The van der Waals surface area contributed by atoms with Crippen LogP contribution in [0.3, 0.4) is 0 Å². The van der Waals surface area contributed by atoms with E-state index in [0.717, 1.165) is 12.8 Å². The maximum atomic E-state index is 5.73. The molecule has 3 rings (SSSR count). The Hall–Kier alpha value is -2.13. The van der Waals surface area contributed by atoms with Crippen LogP contribution in [0.1, 0.15) is 35.6 Å². The van der Waals surface area contributed by atoms with Crippen molar-refractivity contribution in [3.8, 4) is 0 Å². The van der Waals surface area contributed by atoms with E-state index in [1.54, 1.807) is 0 Å². The molecule has 22 heavy (non-hydrogen) atoms. The molecule has 3 heteroatoms. The third kappa shape index (κ3) is 2.90. The lowest BCUT2D eigenvalue weighted by molar-refractivity contribution is 0.705. The molecule has 0 fully saturated rings. The molecule has 2 N–H and O–H groups in total. The fraction of sp³-hybridized carbons (Fsp3) is 0.316. The van der Waals surface area contributed by atoms with E-state index in [0.29, 0.717) is 6.54 Å². The number of benzene rings is 2. The summed E-state index contributed by atoms with van der Waals surface area (Å²) in [6, 6.07) is 17.5. The zero-order valence-electron chi connectivity index (χ0n) is 13.3. The second kappa shape index (κ2) is 6.32. The normalized spacial score (nSPS) is 17.7. The first-order chi connectivity index (χ1) is 10.7. The Bertz CT molecular complexity index is 673. The Morgan fingerprint density at radius 2 is 1.82 bits per heavy atom. The van der Waals surface area contributed by atoms with E-state index in [4.69, 9.17) is 10.8 Å². The molecule has 1 heterocycles. The molecule has 1 aliphatic rings. The van der Waals surface area contributed by atoms with Gasteiger partial charge in [0.05, 0.1) is 11.7 Å². The molecule has 0 aromatic heterocycles. The van der Waals surface area contributed by atoms with Crippen LogP contribution >= 0.6 is 0 Å². The number of aryl methyl sites for hydroxylation is 2. The quantitative estimate of drug-likeness (QED) is 0.927. The summed E-state index contributed by atoms with van der Waals surface area (Å²) < 4.78 is 0. The van der Waals surface area contributed by atoms with Crippen molar-refractivity contribution in [2.24, 2.45) is 10.8 Å². The predicted molar refractivity (Wildman–Crippen MR) is 93.3 cm³/mol.